The number of aryl methyl sites for hydroxylation is 2. The lowest BCUT2D eigenvalue weighted by atomic mass is 9.88. The largest absolute Gasteiger partial charge is 0.385 e. The summed E-state index contributed by atoms with van der Waals surface area (Å²) in [6, 6.07) is 10.4. The highest BCUT2D eigenvalue weighted by atomic mass is 16.3. The first kappa shape index (κ1) is 11.4. The molecule has 1 aromatic carbocycles. The Labute approximate surface area is 107 Å². The second-order valence-corrected chi connectivity index (χ2v) is 5.22. The van der Waals surface area contributed by atoms with Crippen molar-refractivity contribution in [3.05, 3.63) is 65.0 Å². The van der Waals surface area contributed by atoms with Crippen LogP contribution >= 0.6 is 0 Å². The molecule has 2 nitrogen and oxygen atoms in total. The third-order valence-corrected chi connectivity index (χ3v) is 3.82. The zero-order chi connectivity index (χ0) is 12.6. The van der Waals surface area contributed by atoms with Crippen LogP contribution in [0.5, 0.6) is 0 Å². The fraction of sp³-hybridized carbons (Fsp3) is 0.312. The minimum atomic E-state index is -0.706. The molecule has 0 saturated heterocycles. The quantitative estimate of drug-likeness (QED) is 0.874. The summed E-state index contributed by atoms with van der Waals surface area (Å²) in [6.45, 7) is 2.07. The molecule has 1 aliphatic rings. The van der Waals surface area contributed by atoms with E-state index in [9.17, 15) is 5.11 Å². The Morgan fingerprint density at radius 3 is 2.78 bits per heavy atom. The van der Waals surface area contributed by atoms with E-state index in [1.165, 1.54) is 11.1 Å². The third-order valence-electron chi connectivity index (χ3n) is 3.82. The van der Waals surface area contributed by atoms with Crippen LogP contribution in [-0.4, -0.2) is 10.1 Å². The van der Waals surface area contributed by atoms with Gasteiger partial charge in [0.05, 0.1) is 5.60 Å². The smallest absolute Gasteiger partial charge is 0.0942 e. The van der Waals surface area contributed by atoms with Crippen LogP contribution in [0.15, 0.2) is 42.7 Å². The minimum Gasteiger partial charge on any atom is -0.385 e. The van der Waals surface area contributed by atoms with Gasteiger partial charge in [0.15, 0.2) is 0 Å². The maximum atomic E-state index is 10.9. The number of pyridine rings is 1. The Balaban J connectivity index is 1.96. The molecule has 0 aliphatic heterocycles. The van der Waals surface area contributed by atoms with E-state index in [1.54, 1.807) is 12.4 Å². The van der Waals surface area contributed by atoms with E-state index in [2.05, 4.69) is 30.1 Å². The van der Waals surface area contributed by atoms with E-state index < -0.39 is 5.60 Å². The molecule has 0 fully saturated rings. The summed E-state index contributed by atoms with van der Waals surface area (Å²) in [5, 5.41) is 10.9. The lowest BCUT2D eigenvalue weighted by Gasteiger charge is -2.24. The topological polar surface area (TPSA) is 33.1 Å². The Kier molecular flexibility index (Phi) is 2.67. The highest BCUT2D eigenvalue weighted by Gasteiger charge is 2.36. The first-order valence-electron chi connectivity index (χ1n) is 6.39. The molecule has 92 valence electrons. The zero-order valence-electron chi connectivity index (χ0n) is 10.6. The Bertz CT molecular complexity index is 565. The van der Waals surface area contributed by atoms with Crippen molar-refractivity contribution in [1.29, 1.82) is 0 Å². The van der Waals surface area contributed by atoms with Gasteiger partial charge in [0.1, 0.15) is 0 Å². The predicted molar refractivity (Wildman–Crippen MR) is 71.3 cm³/mol. The van der Waals surface area contributed by atoms with Gasteiger partial charge in [0.25, 0.3) is 0 Å². The van der Waals surface area contributed by atoms with E-state index in [0.29, 0.717) is 6.42 Å². The van der Waals surface area contributed by atoms with E-state index in [-0.39, 0.29) is 0 Å². The number of rotatable bonds is 2. The summed E-state index contributed by atoms with van der Waals surface area (Å²) in [5.41, 5.74) is 4.05. The molecule has 2 aromatic rings. The van der Waals surface area contributed by atoms with Crippen molar-refractivity contribution in [3.63, 3.8) is 0 Å². The number of nitrogens with zero attached hydrogens (tertiary/aromatic N) is 1. The van der Waals surface area contributed by atoms with Crippen molar-refractivity contribution in [2.75, 3.05) is 0 Å². The van der Waals surface area contributed by atoms with Gasteiger partial charge in [-0.25, -0.2) is 0 Å². The molecule has 0 radical (unpaired) electrons. The molecule has 0 saturated carbocycles. The Morgan fingerprint density at radius 1 is 1.22 bits per heavy atom. The summed E-state index contributed by atoms with van der Waals surface area (Å²) >= 11 is 0. The predicted octanol–water partition coefficient (Wildman–Crippen LogP) is 2.77. The number of hydrogen-bond donors (Lipinski definition) is 1. The minimum absolute atomic E-state index is 0.673. The monoisotopic (exact) mass is 239 g/mol. The molecule has 3 rings (SSSR count). The average Bonchev–Trinajstić information content (AvgIpc) is 2.68. The maximum absolute atomic E-state index is 10.9. The van der Waals surface area contributed by atoms with Crippen LogP contribution in [0.4, 0.5) is 0 Å². The molecule has 18 heavy (non-hydrogen) atoms. The molecular weight excluding hydrogens is 222 g/mol. The molecular formula is C16H17NO. The van der Waals surface area contributed by atoms with E-state index in [1.807, 2.05) is 12.1 Å². The number of benzene rings is 1. The molecule has 0 bridgehead atoms. The van der Waals surface area contributed by atoms with Crippen LogP contribution in [-0.2, 0) is 18.4 Å². The van der Waals surface area contributed by atoms with Crippen LogP contribution in [0.1, 0.15) is 28.7 Å². The summed E-state index contributed by atoms with van der Waals surface area (Å²) in [7, 11) is 0. The molecule has 0 amide bonds. The summed E-state index contributed by atoms with van der Waals surface area (Å²) in [5.74, 6) is 0. The van der Waals surface area contributed by atoms with Gasteiger partial charge in [-0.15, -0.1) is 0 Å². The van der Waals surface area contributed by atoms with Gasteiger partial charge in [0, 0.05) is 18.8 Å². The van der Waals surface area contributed by atoms with Crippen molar-refractivity contribution >= 4 is 0 Å². The second-order valence-electron chi connectivity index (χ2n) is 5.22. The second kappa shape index (κ2) is 4.21. The molecule has 1 atom stereocenters. The third kappa shape index (κ3) is 1.93. The molecule has 2 heteroatoms. The van der Waals surface area contributed by atoms with E-state index in [4.69, 9.17) is 0 Å². The summed E-state index contributed by atoms with van der Waals surface area (Å²) in [6.07, 6.45) is 6.02. The van der Waals surface area contributed by atoms with Crippen molar-refractivity contribution in [2.45, 2.75) is 31.8 Å². The first-order valence-corrected chi connectivity index (χ1v) is 6.39. The molecule has 1 unspecified atom stereocenters. The van der Waals surface area contributed by atoms with Gasteiger partial charge in [-0.05, 0) is 48.6 Å². The maximum Gasteiger partial charge on any atom is 0.0942 e. The number of aromatic nitrogens is 1. The van der Waals surface area contributed by atoms with Gasteiger partial charge in [-0.2, -0.15) is 0 Å². The summed E-state index contributed by atoms with van der Waals surface area (Å²) in [4.78, 5) is 4.02. The Morgan fingerprint density at radius 2 is 2.00 bits per heavy atom. The lowest BCUT2D eigenvalue weighted by molar-refractivity contribution is 0.0389. The van der Waals surface area contributed by atoms with Gasteiger partial charge in [0.2, 0.25) is 0 Å². The molecule has 1 aromatic heterocycles. The molecule has 1 aliphatic carbocycles. The normalized spacial score (nSPS) is 21.9. The first-order chi connectivity index (χ1) is 8.67. The van der Waals surface area contributed by atoms with Crippen LogP contribution in [0.2, 0.25) is 0 Å². The van der Waals surface area contributed by atoms with Crippen molar-refractivity contribution in [2.24, 2.45) is 0 Å². The summed E-state index contributed by atoms with van der Waals surface area (Å²) < 4.78 is 0. The highest BCUT2D eigenvalue weighted by Crippen LogP contribution is 2.39. The fourth-order valence-corrected chi connectivity index (χ4v) is 2.84. The molecule has 1 N–H and O–H groups in total. The number of fused-ring (bicyclic) bond motifs is 1. The van der Waals surface area contributed by atoms with Crippen molar-refractivity contribution in [1.82, 2.24) is 4.98 Å². The van der Waals surface area contributed by atoms with Gasteiger partial charge in [-0.3, -0.25) is 4.98 Å². The van der Waals surface area contributed by atoms with Gasteiger partial charge < -0.3 is 5.11 Å². The van der Waals surface area contributed by atoms with E-state index >= 15 is 0 Å². The van der Waals surface area contributed by atoms with Crippen molar-refractivity contribution < 1.29 is 5.11 Å². The zero-order valence-corrected chi connectivity index (χ0v) is 10.6. The average molecular weight is 239 g/mol. The number of aliphatic hydroxyl groups is 1. The van der Waals surface area contributed by atoms with Crippen molar-refractivity contribution in [3.8, 4) is 0 Å². The molecule has 1 heterocycles. The standard InChI is InChI=1S/C16H17NO/c1-12-2-3-14-4-7-16(18,15(14)10-12)11-13-5-8-17-9-6-13/h2-3,5-6,8-10,18H,4,7,11H2,1H3. The Hall–Kier alpha value is -1.67. The number of hydrogen-bond acceptors (Lipinski definition) is 2. The van der Waals surface area contributed by atoms with Crippen LogP contribution in [0.3, 0.4) is 0 Å². The van der Waals surface area contributed by atoms with Gasteiger partial charge >= 0.3 is 0 Å². The van der Waals surface area contributed by atoms with Gasteiger partial charge in [-0.1, -0.05) is 23.8 Å². The highest BCUT2D eigenvalue weighted by molar-refractivity contribution is 5.41. The van der Waals surface area contributed by atoms with Crippen LogP contribution < -0.4 is 0 Å². The van der Waals surface area contributed by atoms with E-state index in [0.717, 1.165) is 24.0 Å². The lowest BCUT2D eigenvalue weighted by Crippen LogP contribution is -2.25. The molecule has 0 spiro atoms. The van der Waals surface area contributed by atoms with Crippen LogP contribution in [0.25, 0.3) is 0 Å². The van der Waals surface area contributed by atoms with Crippen LogP contribution in [0, 0.1) is 6.92 Å². The SMILES string of the molecule is Cc1ccc2c(c1)C(O)(Cc1ccncc1)CC2. The fourth-order valence-electron chi connectivity index (χ4n) is 2.84.